The zero-order valence-electron chi connectivity index (χ0n) is 5.85. The van der Waals surface area contributed by atoms with E-state index in [9.17, 15) is 0 Å². The average molecular weight is 233 g/mol. The Bertz CT molecular complexity index is 283. The summed E-state index contributed by atoms with van der Waals surface area (Å²) in [7, 11) is 0. The molecule has 0 spiro atoms. The summed E-state index contributed by atoms with van der Waals surface area (Å²) in [5.41, 5.74) is 1.12. The molecule has 1 fully saturated rings. The molecule has 1 saturated carbocycles. The lowest BCUT2D eigenvalue weighted by molar-refractivity contribution is 1.01. The van der Waals surface area contributed by atoms with Crippen LogP contribution in [0.2, 0.25) is 5.15 Å². The minimum absolute atomic E-state index is 0.593. The van der Waals surface area contributed by atoms with Crippen LogP contribution in [-0.2, 0) is 0 Å². The van der Waals surface area contributed by atoms with Gasteiger partial charge >= 0.3 is 0 Å². The van der Waals surface area contributed by atoms with Gasteiger partial charge in [-0.25, -0.2) is 4.98 Å². The Kier molecular flexibility index (Phi) is 1.90. The number of halogens is 2. The maximum absolute atomic E-state index is 5.76. The Balaban J connectivity index is 2.42. The largest absolute Gasteiger partial charge is 0.240 e. The van der Waals surface area contributed by atoms with Crippen molar-refractivity contribution in [3.63, 3.8) is 0 Å². The predicted molar refractivity (Wildman–Crippen MR) is 48.9 cm³/mol. The number of aromatic nitrogens is 1. The molecule has 1 aliphatic carbocycles. The van der Waals surface area contributed by atoms with Gasteiger partial charge in [-0.2, -0.15) is 0 Å². The molecule has 1 heterocycles. The summed E-state index contributed by atoms with van der Waals surface area (Å²) < 4.78 is 1.09. The zero-order valence-corrected chi connectivity index (χ0v) is 8.19. The summed E-state index contributed by atoms with van der Waals surface area (Å²) >= 11 is 9.21. The Morgan fingerprint density at radius 2 is 2.18 bits per heavy atom. The molecule has 0 saturated heterocycles. The first-order valence-corrected chi connectivity index (χ1v) is 4.76. The minimum Gasteiger partial charge on any atom is -0.240 e. The first kappa shape index (κ1) is 7.56. The van der Waals surface area contributed by atoms with Crippen molar-refractivity contribution in [1.82, 2.24) is 4.98 Å². The van der Waals surface area contributed by atoms with Crippen molar-refractivity contribution in [2.75, 3.05) is 0 Å². The van der Waals surface area contributed by atoms with Gasteiger partial charge in [0.2, 0.25) is 0 Å². The minimum atomic E-state index is 0.593. The van der Waals surface area contributed by atoms with E-state index in [1.807, 2.05) is 6.07 Å². The van der Waals surface area contributed by atoms with E-state index in [1.165, 1.54) is 12.8 Å². The van der Waals surface area contributed by atoms with Crippen LogP contribution >= 0.6 is 27.5 Å². The van der Waals surface area contributed by atoms with Crippen molar-refractivity contribution >= 4 is 27.5 Å². The third-order valence-corrected chi connectivity index (χ3v) is 2.68. The monoisotopic (exact) mass is 231 g/mol. The van der Waals surface area contributed by atoms with Crippen LogP contribution in [-0.4, -0.2) is 4.98 Å². The van der Waals surface area contributed by atoms with Crippen molar-refractivity contribution in [1.29, 1.82) is 0 Å². The van der Waals surface area contributed by atoms with Gasteiger partial charge in [0.1, 0.15) is 5.15 Å². The Morgan fingerprint density at radius 1 is 1.45 bits per heavy atom. The molecule has 0 amide bonds. The highest BCUT2D eigenvalue weighted by atomic mass is 79.9. The number of rotatable bonds is 1. The van der Waals surface area contributed by atoms with Crippen LogP contribution in [0.3, 0.4) is 0 Å². The molecule has 3 heteroatoms. The molecule has 1 aromatic rings. The Hall–Kier alpha value is -0.0800. The molecule has 2 rings (SSSR count). The van der Waals surface area contributed by atoms with Crippen LogP contribution in [0.1, 0.15) is 24.5 Å². The molecule has 0 radical (unpaired) electrons. The van der Waals surface area contributed by atoms with Crippen LogP contribution in [0.4, 0.5) is 0 Å². The van der Waals surface area contributed by atoms with Crippen LogP contribution in [0.15, 0.2) is 16.6 Å². The number of hydrogen-bond donors (Lipinski definition) is 0. The molecular weight excluding hydrogens is 225 g/mol. The van der Waals surface area contributed by atoms with Crippen molar-refractivity contribution in [2.45, 2.75) is 18.8 Å². The standard InChI is InChI=1S/C8H7BrClN/c9-6-3-4-7(10)11-8(6)5-1-2-5/h3-5H,1-2H2. The number of pyridine rings is 1. The average Bonchev–Trinajstić information content (AvgIpc) is 2.76. The van der Waals surface area contributed by atoms with Gasteiger partial charge in [-0.3, -0.25) is 0 Å². The maximum atomic E-state index is 5.76. The van der Waals surface area contributed by atoms with Crippen molar-refractivity contribution < 1.29 is 0 Å². The highest BCUT2D eigenvalue weighted by Crippen LogP contribution is 2.42. The lowest BCUT2D eigenvalue weighted by Gasteiger charge is -2.00. The van der Waals surface area contributed by atoms with E-state index >= 15 is 0 Å². The number of hydrogen-bond acceptors (Lipinski definition) is 1. The zero-order chi connectivity index (χ0) is 7.84. The Morgan fingerprint density at radius 3 is 2.82 bits per heavy atom. The fraction of sp³-hybridized carbons (Fsp3) is 0.375. The highest BCUT2D eigenvalue weighted by Gasteiger charge is 2.27. The van der Waals surface area contributed by atoms with Gasteiger partial charge in [0, 0.05) is 10.4 Å². The molecule has 0 aliphatic heterocycles. The van der Waals surface area contributed by atoms with E-state index in [0.717, 1.165) is 10.2 Å². The molecule has 58 valence electrons. The molecule has 1 nitrogen and oxygen atoms in total. The van der Waals surface area contributed by atoms with Crippen LogP contribution in [0, 0.1) is 0 Å². The summed E-state index contributed by atoms with van der Waals surface area (Å²) in [5.74, 6) is 0.656. The van der Waals surface area contributed by atoms with E-state index in [2.05, 4.69) is 20.9 Å². The summed E-state index contributed by atoms with van der Waals surface area (Å²) in [4.78, 5) is 4.25. The van der Waals surface area contributed by atoms with Gasteiger partial charge in [0.05, 0.1) is 5.69 Å². The molecule has 0 N–H and O–H groups in total. The fourth-order valence-corrected chi connectivity index (χ4v) is 1.77. The van der Waals surface area contributed by atoms with Crippen molar-refractivity contribution in [2.24, 2.45) is 0 Å². The summed E-state index contributed by atoms with van der Waals surface area (Å²) in [6, 6.07) is 3.76. The summed E-state index contributed by atoms with van der Waals surface area (Å²) in [6.07, 6.45) is 2.51. The van der Waals surface area contributed by atoms with E-state index < -0.39 is 0 Å². The molecule has 11 heavy (non-hydrogen) atoms. The van der Waals surface area contributed by atoms with Gasteiger partial charge in [-0.05, 0) is 40.9 Å². The van der Waals surface area contributed by atoms with Crippen LogP contribution in [0.5, 0.6) is 0 Å². The smallest absolute Gasteiger partial charge is 0.129 e. The molecule has 0 aromatic carbocycles. The van der Waals surface area contributed by atoms with Gasteiger partial charge in [-0.15, -0.1) is 0 Å². The lowest BCUT2D eigenvalue weighted by atomic mass is 10.2. The second-order valence-electron chi connectivity index (χ2n) is 2.78. The van der Waals surface area contributed by atoms with Gasteiger partial charge in [0.25, 0.3) is 0 Å². The topological polar surface area (TPSA) is 12.9 Å². The molecule has 1 aliphatic rings. The second kappa shape index (κ2) is 2.76. The number of nitrogens with zero attached hydrogens (tertiary/aromatic N) is 1. The third kappa shape index (κ3) is 1.57. The molecule has 0 bridgehead atoms. The van der Waals surface area contributed by atoms with Gasteiger partial charge in [0.15, 0.2) is 0 Å². The van der Waals surface area contributed by atoms with Gasteiger partial charge in [-0.1, -0.05) is 11.6 Å². The molecule has 0 atom stereocenters. The van der Waals surface area contributed by atoms with E-state index in [0.29, 0.717) is 11.1 Å². The van der Waals surface area contributed by atoms with E-state index in [4.69, 9.17) is 11.6 Å². The highest BCUT2D eigenvalue weighted by molar-refractivity contribution is 9.10. The SMILES string of the molecule is Clc1ccc(Br)c(C2CC2)n1. The second-order valence-corrected chi connectivity index (χ2v) is 4.02. The van der Waals surface area contributed by atoms with Crippen molar-refractivity contribution in [3.05, 3.63) is 27.5 Å². The van der Waals surface area contributed by atoms with E-state index in [-0.39, 0.29) is 0 Å². The predicted octanol–water partition coefficient (Wildman–Crippen LogP) is 3.37. The first-order chi connectivity index (χ1) is 5.27. The molecule has 1 aromatic heterocycles. The van der Waals surface area contributed by atoms with Crippen LogP contribution < -0.4 is 0 Å². The third-order valence-electron chi connectivity index (χ3n) is 1.80. The van der Waals surface area contributed by atoms with Gasteiger partial charge < -0.3 is 0 Å². The quantitative estimate of drug-likeness (QED) is 0.677. The molecule has 0 unspecified atom stereocenters. The maximum Gasteiger partial charge on any atom is 0.129 e. The van der Waals surface area contributed by atoms with Crippen molar-refractivity contribution in [3.8, 4) is 0 Å². The molecular formula is C8H7BrClN. The summed E-state index contributed by atoms with van der Waals surface area (Å²) in [5, 5.41) is 0.593. The summed E-state index contributed by atoms with van der Waals surface area (Å²) in [6.45, 7) is 0. The van der Waals surface area contributed by atoms with Crippen LogP contribution in [0.25, 0.3) is 0 Å². The van der Waals surface area contributed by atoms with E-state index in [1.54, 1.807) is 6.07 Å². The Labute approximate surface area is 78.9 Å². The first-order valence-electron chi connectivity index (χ1n) is 3.59. The lowest BCUT2D eigenvalue weighted by Crippen LogP contribution is -1.87. The fourth-order valence-electron chi connectivity index (χ4n) is 1.08. The normalized spacial score (nSPS) is 16.9.